The Bertz CT molecular complexity index is 1090. The second-order valence-corrected chi connectivity index (χ2v) is 7.24. The first-order valence-corrected chi connectivity index (χ1v) is 9.57. The number of aryl methyl sites for hydroxylation is 1. The molecular formula is C21H22N4O2. The molecule has 0 atom stereocenters. The van der Waals surface area contributed by atoms with Crippen LogP contribution in [0.3, 0.4) is 0 Å². The summed E-state index contributed by atoms with van der Waals surface area (Å²) < 4.78 is 3.77. The van der Waals surface area contributed by atoms with Gasteiger partial charge < -0.3 is 14.8 Å². The van der Waals surface area contributed by atoms with Crippen LogP contribution >= 0.6 is 0 Å². The fourth-order valence-electron chi connectivity index (χ4n) is 4.35. The van der Waals surface area contributed by atoms with E-state index in [2.05, 4.69) is 14.8 Å². The Morgan fingerprint density at radius 1 is 0.963 bits per heavy atom. The molecule has 5 rings (SSSR count). The maximum absolute atomic E-state index is 13.0. The van der Waals surface area contributed by atoms with Gasteiger partial charge in [-0.3, -0.25) is 14.2 Å². The average molecular weight is 362 g/mol. The van der Waals surface area contributed by atoms with Crippen LogP contribution < -0.4 is 10.7 Å². The predicted octanol–water partition coefficient (Wildman–Crippen LogP) is 1.77. The van der Waals surface area contributed by atoms with E-state index in [1.165, 1.54) is 0 Å². The van der Waals surface area contributed by atoms with Crippen molar-refractivity contribution in [2.75, 3.05) is 32.7 Å². The number of para-hydroxylation sites is 1. The smallest absolute Gasteiger partial charge is 0.268 e. The maximum atomic E-state index is 13.0. The minimum absolute atomic E-state index is 0.160. The third-order valence-corrected chi connectivity index (χ3v) is 5.66. The van der Waals surface area contributed by atoms with Crippen molar-refractivity contribution < 1.29 is 4.79 Å². The summed E-state index contributed by atoms with van der Waals surface area (Å²) in [5.74, 6) is -0.211. The van der Waals surface area contributed by atoms with Gasteiger partial charge in [-0.25, -0.2) is 0 Å². The van der Waals surface area contributed by atoms with E-state index >= 15 is 0 Å². The van der Waals surface area contributed by atoms with Crippen LogP contribution in [0.2, 0.25) is 0 Å². The lowest BCUT2D eigenvalue weighted by atomic mass is 10.1. The minimum Gasteiger partial charge on any atom is -0.338 e. The highest BCUT2D eigenvalue weighted by Crippen LogP contribution is 2.33. The monoisotopic (exact) mass is 362 g/mol. The lowest BCUT2D eigenvalue weighted by molar-refractivity contribution is 0.0968. The highest BCUT2D eigenvalue weighted by Gasteiger charge is 2.32. The van der Waals surface area contributed by atoms with E-state index in [1.54, 1.807) is 10.8 Å². The van der Waals surface area contributed by atoms with Crippen molar-refractivity contribution in [1.82, 2.24) is 19.4 Å². The van der Waals surface area contributed by atoms with Gasteiger partial charge in [-0.15, -0.1) is 0 Å². The summed E-state index contributed by atoms with van der Waals surface area (Å²) in [4.78, 5) is 28.3. The van der Waals surface area contributed by atoms with E-state index in [0.29, 0.717) is 10.9 Å². The number of rotatable bonds is 4. The molecule has 2 aliphatic heterocycles. The number of benzene rings is 1. The molecule has 1 aromatic carbocycles. The summed E-state index contributed by atoms with van der Waals surface area (Å²) >= 11 is 0. The molecule has 1 fully saturated rings. The fraction of sp³-hybridized carbons (Fsp3) is 0.333. The number of carbonyl (C=O) groups is 1. The van der Waals surface area contributed by atoms with Crippen LogP contribution in [0.1, 0.15) is 16.8 Å². The number of fused-ring (bicyclic) bond motifs is 4. The Kier molecular flexibility index (Phi) is 3.95. The average Bonchev–Trinajstić information content (AvgIpc) is 3.28. The van der Waals surface area contributed by atoms with Gasteiger partial charge >= 0.3 is 0 Å². The third kappa shape index (κ3) is 2.56. The lowest BCUT2D eigenvalue weighted by Gasteiger charge is -2.27. The summed E-state index contributed by atoms with van der Waals surface area (Å²) in [6.45, 7) is 6.03. The molecule has 0 unspecified atom stereocenters. The molecule has 6 nitrogen and oxygen atoms in total. The molecule has 4 heterocycles. The Morgan fingerprint density at radius 2 is 1.78 bits per heavy atom. The molecule has 2 aromatic heterocycles. The summed E-state index contributed by atoms with van der Waals surface area (Å²) in [6, 6.07) is 11.4. The fourth-order valence-corrected chi connectivity index (χ4v) is 4.35. The molecule has 0 spiro atoms. The lowest BCUT2D eigenvalue weighted by Crippen LogP contribution is -2.43. The summed E-state index contributed by atoms with van der Waals surface area (Å²) in [7, 11) is 0. The van der Waals surface area contributed by atoms with Crippen molar-refractivity contribution in [2.24, 2.45) is 0 Å². The third-order valence-electron chi connectivity index (χ3n) is 5.66. The van der Waals surface area contributed by atoms with Crippen molar-refractivity contribution in [3.63, 3.8) is 0 Å². The highest BCUT2D eigenvalue weighted by molar-refractivity contribution is 6.10. The van der Waals surface area contributed by atoms with Crippen molar-refractivity contribution in [3.8, 4) is 11.4 Å². The largest absolute Gasteiger partial charge is 0.338 e. The van der Waals surface area contributed by atoms with Gasteiger partial charge in [-0.1, -0.05) is 12.1 Å². The van der Waals surface area contributed by atoms with E-state index in [9.17, 15) is 9.59 Å². The van der Waals surface area contributed by atoms with Crippen molar-refractivity contribution >= 4 is 16.8 Å². The van der Waals surface area contributed by atoms with Gasteiger partial charge in [-0.05, 0) is 37.2 Å². The zero-order valence-corrected chi connectivity index (χ0v) is 15.1. The first-order valence-electron chi connectivity index (χ1n) is 9.57. The van der Waals surface area contributed by atoms with Crippen LogP contribution in [-0.2, 0) is 6.54 Å². The Balaban J connectivity index is 1.59. The normalized spacial score (nSPS) is 16.7. The van der Waals surface area contributed by atoms with Crippen molar-refractivity contribution in [1.29, 1.82) is 0 Å². The van der Waals surface area contributed by atoms with Crippen LogP contribution in [0.5, 0.6) is 0 Å². The molecule has 2 aliphatic rings. The first kappa shape index (κ1) is 16.5. The SMILES string of the molecule is O=C1c2c(n(CCCN3CCNCC3)c3ccccc3c2=O)-c2cccn21. The molecule has 0 bridgehead atoms. The van der Waals surface area contributed by atoms with E-state index in [4.69, 9.17) is 0 Å². The van der Waals surface area contributed by atoms with E-state index in [-0.39, 0.29) is 11.3 Å². The van der Waals surface area contributed by atoms with Gasteiger partial charge in [-0.2, -0.15) is 0 Å². The number of piperazine rings is 1. The van der Waals surface area contributed by atoms with Crippen LogP contribution in [-0.4, -0.2) is 52.7 Å². The Hall–Kier alpha value is -2.70. The topological polar surface area (TPSA) is 59.3 Å². The standard InChI is InChI=1S/C21H22N4O2/c26-20-15-5-1-2-6-16(15)24(12-4-10-23-13-8-22-9-14-23)19-17-7-3-11-25(17)21(27)18(19)20/h1-3,5-7,11,22H,4,8-10,12-14H2. The van der Waals surface area contributed by atoms with Crippen LogP contribution in [0.15, 0.2) is 47.4 Å². The number of carbonyl (C=O) groups excluding carboxylic acids is 1. The van der Waals surface area contributed by atoms with Gasteiger partial charge in [0, 0.05) is 44.3 Å². The van der Waals surface area contributed by atoms with Gasteiger partial charge in [0.15, 0.2) is 0 Å². The first-order chi connectivity index (χ1) is 13.3. The number of aromatic nitrogens is 2. The van der Waals surface area contributed by atoms with Crippen molar-refractivity contribution in [3.05, 3.63) is 58.4 Å². The predicted molar refractivity (Wildman–Crippen MR) is 105 cm³/mol. The number of hydrogen-bond donors (Lipinski definition) is 1. The zero-order chi connectivity index (χ0) is 18.4. The molecule has 0 aliphatic carbocycles. The van der Waals surface area contributed by atoms with Crippen LogP contribution in [0, 0.1) is 0 Å². The van der Waals surface area contributed by atoms with Gasteiger partial charge in [0.25, 0.3) is 5.91 Å². The summed E-state index contributed by atoms with van der Waals surface area (Å²) in [6.07, 6.45) is 2.72. The zero-order valence-electron chi connectivity index (χ0n) is 15.1. The number of nitrogens with one attached hydrogen (secondary N) is 1. The molecular weight excluding hydrogens is 340 g/mol. The molecule has 0 amide bonds. The van der Waals surface area contributed by atoms with E-state index < -0.39 is 0 Å². The number of hydrogen-bond acceptors (Lipinski definition) is 4. The Morgan fingerprint density at radius 3 is 2.63 bits per heavy atom. The van der Waals surface area contributed by atoms with Gasteiger partial charge in [0.1, 0.15) is 5.56 Å². The minimum atomic E-state index is -0.211. The molecule has 0 saturated carbocycles. The maximum Gasteiger partial charge on any atom is 0.268 e. The molecule has 1 N–H and O–H groups in total. The van der Waals surface area contributed by atoms with Crippen LogP contribution in [0.4, 0.5) is 0 Å². The molecule has 0 radical (unpaired) electrons. The molecule has 138 valence electrons. The molecule has 1 saturated heterocycles. The second-order valence-electron chi connectivity index (χ2n) is 7.24. The van der Waals surface area contributed by atoms with Gasteiger partial charge in [0.2, 0.25) is 5.43 Å². The molecule has 6 heteroatoms. The summed E-state index contributed by atoms with van der Waals surface area (Å²) in [5, 5.41) is 4.00. The highest BCUT2D eigenvalue weighted by atomic mass is 16.2. The van der Waals surface area contributed by atoms with E-state index in [1.807, 2.05) is 36.4 Å². The van der Waals surface area contributed by atoms with Gasteiger partial charge in [0.05, 0.1) is 16.9 Å². The quantitative estimate of drug-likeness (QED) is 0.601. The molecule has 3 aromatic rings. The number of nitrogens with zero attached hydrogens (tertiary/aromatic N) is 3. The van der Waals surface area contributed by atoms with Crippen molar-refractivity contribution in [2.45, 2.75) is 13.0 Å². The Labute approximate surface area is 157 Å². The van der Waals surface area contributed by atoms with E-state index in [0.717, 1.165) is 62.6 Å². The molecule has 27 heavy (non-hydrogen) atoms. The van der Waals surface area contributed by atoms with Crippen LogP contribution in [0.25, 0.3) is 22.3 Å². The second kappa shape index (κ2) is 6.48. The number of pyridine rings is 1. The summed E-state index contributed by atoms with van der Waals surface area (Å²) in [5.41, 5.74) is 2.65.